The first-order valence-electron chi connectivity index (χ1n) is 10.5. The summed E-state index contributed by atoms with van der Waals surface area (Å²) < 4.78 is 17.2. The summed E-state index contributed by atoms with van der Waals surface area (Å²) in [6, 6.07) is 15.4. The Morgan fingerprint density at radius 2 is 1.66 bits per heavy atom. The lowest BCUT2D eigenvalue weighted by Gasteiger charge is -2.31. The highest BCUT2D eigenvalue weighted by Gasteiger charge is 2.23. The van der Waals surface area contributed by atoms with Gasteiger partial charge in [0.05, 0.1) is 6.61 Å². The molecule has 0 spiro atoms. The summed E-state index contributed by atoms with van der Waals surface area (Å²) in [5, 5.41) is 0. The topological polar surface area (TPSA) is 48.0 Å². The van der Waals surface area contributed by atoms with Crippen molar-refractivity contribution in [3.05, 3.63) is 54.1 Å². The maximum Gasteiger partial charge on any atom is 0.253 e. The second-order valence-electron chi connectivity index (χ2n) is 7.31. The second-order valence-corrected chi connectivity index (χ2v) is 7.31. The van der Waals surface area contributed by atoms with Crippen LogP contribution in [0.25, 0.3) is 0 Å². The molecule has 0 unspecified atom stereocenters. The van der Waals surface area contributed by atoms with Gasteiger partial charge in [0.1, 0.15) is 19.0 Å². The minimum atomic E-state index is 0.0387. The van der Waals surface area contributed by atoms with Gasteiger partial charge < -0.3 is 19.1 Å². The molecule has 0 atom stereocenters. The van der Waals surface area contributed by atoms with Gasteiger partial charge in [-0.05, 0) is 50.1 Å². The number of amides is 1. The number of para-hydroxylation sites is 1. The van der Waals surface area contributed by atoms with Crippen LogP contribution in [0.4, 0.5) is 0 Å². The lowest BCUT2D eigenvalue weighted by molar-refractivity contribution is 0.0695. The van der Waals surface area contributed by atoms with E-state index >= 15 is 0 Å². The number of hydrogen-bond donors (Lipinski definition) is 0. The van der Waals surface area contributed by atoms with E-state index in [1.165, 1.54) is 19.3 Å². The van der Waals surface area contributed by atoms with E-state index < -0.39 is 0 Å². The van der Waals surface area contributed by atoms with Gasteiger partial charge in [0.25, 0.3) is 5.91 Å². The fourth-order valence-corrected chi connectivity index (χ4v) is 3.69. The molecule has 0 bridgehead atoms. The number of carbonyl (C=O) groups excluding carboxylic acids is 1. The summed E-state index contributed by atoms with van der Waals surface area (Å²) in [5.74, 6) is 2.07. The van der Waals surface area contributed by atoms with E-state index in [9.17, 15) is 4.79 Å². The molecule has 5 heteroatoms. The number of benzene rings is 2. The van der Waals surface area contributed by atoms with E-state index in [1.54, 1.807) is 6.07 Å². The van der Waals surface area contributed by atoms with Gasteiger partial charge in [-0.1, -0.05) is 37.5 Å². The predicted molar refractivity (Wildman–Crippen MR) is 114 cm³/mol. The number of hydrogen-bond acceptors (Lipinski definition) is 4. The van der Waals surface area contributed by atoms with Crippen molar-refractivity contribution in [1.82, 2.24) is 4.90 Å². The Morgan fingerprint density at radius 1 is 0.931 bits per heavy atom. The van der Waals surface area contributed by atoms with Crippen LogP contribution in [-0.4, -0.2) is 43.7 Å². The van der Waals surface area contributed by atoms with Crippen LogP contribution in [-0.2, 0) is 0 Å². The van der Waals surface area contributed by atoms with Crippen LogP contribution in [0.1, 0.15) is 49.4 Å². The predicted octanol–water partition coefficient (Wildman–Crippen LogP) is 4.95. The van der Waals surface area contributed by atoms with Crippen molar-refractivity contribution in [3.8, 4) is 17.2 Å². The average Bonchev–Trinajstić information content (AvgIpc) is 2.78. The average molecular weight is 398 g/mol. The van der Waals surface area contributed by atoms with Crippen LogP contribution in [0, 0.1) is 0 Å². The van der Waals surface area contributed by atoms with Gasteiger partial charge in [-0.2, -0.15) is 0 Å². The molecule has 0 aliphatic heterocycles. The molecule has 0 N–H and O–H groups in total. The molecule has 0 aromatic heterocycles. The quantitative estimate of drug-likeness (QED) is 0.562. The molecule has 0 radical (unpaired) electrons. The second kappa shape index (κ2) is 10.7. The normalized spacial score (nSPS) is 14.3. The van der Waals surface area contributed by atoms with Gasteiger partial charge in [-0.15, -0.1) is 0 Å². The van der Waals surface area contributed by atoms with Gasteiger partial charge >= 0.3 is 0 Å². The number of carbonyl (C=O) groups is 1. The first-order chi connectivity index (χ1) is 14.2. The first kappa shape index (κ1) is 21.0. The summed E-state index contributed by atoms with van der Waals surface area (Å²) in [4.78, 5) is 14.8. The molecule has 0 saturated heterocycles. The molecule has 5 nitrogen and oxygen atoms in total. The number of rotatable bonds is 9. The zero-order chi connectivity index (χ0) is 20.5. The van der Waals surface area contributed by atoms with Crippen LogP contribution in [0.15, 0.2) is 48.5 Å². The highest BCUT2D eigenvalue weighted by molar-refractivity contribution is 5.95. The fourth-order valence-electron chi connectivity index (χ4n) is 3.69. The SMILES string of the molecule is CCOc1cc(C(=O)N(C)C2CCCCC2)ccc1OCCOc1ccccc1. The molecule has 2 aromatic carbocycles. The summed E-state index contributed by atoms with van der Waals surface area (Å²) in [6.45, 7) is 3.25. The summed E-state index contributed by atoms with van der Waals surface area (Å²) >= 11 is 0. The Balaban J connectivity index is 1.60. The smallest absolute Gasteiger partial charge is 0.253 e. The van der Waals surface area contributed by atoms with Gasteiger partial charge in [0.2, 0.25) is 0 Å². The van der Waals surface area contributed by atoms with E-state index in [1.807, 2.05) is 61.3 Å². The lowest BCUT2D eigenvalue weighted by Crippen LogP contribution is -2.38. The summed E-state index contributed by atoms with van der Waals surface area (Å²) in [5.41, 5.74) is 0.634. The van der Waals surface area contributed by atoms with Crippen molar-refractivity contribution < 1.29 is 19.0 Å². The maximum absolute atomic E-state index is 12.9. The molecule has 1 aliphatic carbocycles. The molecule has 1 fully saturated rings. The Kier molecular flexibility index (Phi) is 7.79. The Labute approximate surface area is 173 Å². The Hall–Kier alpha value is -2.69. The molecule has 156 valence electrons. The summed E-state index contributed by atoms with van der Waals surface area (Å²) in [6.07, 6.45) is 5.84. The van der Waals surface area contributed by atoms with Crippen molar-refractivity contribution >= 4 is 5.91 Å². The van der Waals surface area contributed by atoms with Gasteiger partial charge in [0, 0.05) is 18.7 Å². The third-order valence-electron chi connectivity index (χ3n) is 5.29. The monoisotopic (exact) mass is 397 g/mol. The van der Waals surface area contributed by atoms with Gasteiger partial charge in [-0.3, -0.25) is 4.79 Å². The van der Waals surface area contributed by atoms with Crippen LogP contribution in [0.5, 0.6) is 17.2 Å². The zero-order valence-corrected chi connectivity index (χ0v) is 17.4. The molecule has 29 heavy (non-hydrogen) atoms. The zero-order valence-electron chi connectivity index (χ0n) is 17.4. The molecule has 1 saturated carbocycles. The van der Waals surface area contributed by atoms with Gasteiger partial charge in [-0.25, -0.2) is 0 Å². The summed E-state index contributed by atoms with van der Waals surface area (Å²) in [7, 11) is 1.91. The van der Waals surface area contributed by atoms with E-state index in [-0.39, 0.29) is 5.91 Å². The highest BCUT2D eigenvalue weighted by atomic mass is 16.5. The van der Waals surface area contributed by atoms with E-state index in [4.69, 9.17) is 14.2 Å². The maximum atomic E-state index is 12.9. The van der Waals surface area contributed by atoms with Crippen molar-refractivity contribution in [1.29, 1.82) is 0 Å². The van der Waals surface area contributed by atoms with Crippen LogP contribution < -0.4 is 14.2 Å². The standard InChI is InChI=1S/C24H31NO4/c1-3-27-23-18-19(24(26)25(2)20-10-6-4-7-11-20)14-15-22(23)29-17-16-28-21-12-8-5-9-13-21/h5,8-9,12-15,18,20H,3-4,6-7,10-11,16-17H2,1-2H3. The van der Waals surface area contributed by atoms with E-state index in [0.717, 1.165) is 18.6 Å². The van der Waals surface area contributed by atoms with Crippen LogP contribution in [0.2, 0.25) is 0 Å². The van der Waals surface area contributed by atoms with Crippen molar-refractivity contribution in [3.63, 3.8) is 0 Å². The van der Waals surface area contributed by atoms with E-state index in [2.05, 4.69) is 0 Å². The third kappa shape index (κ3) is 5.89. The molecule has 1 amide bonds. The highest BCUT2D eigenvalue weighted by Crippen LogP contribution is 2.30. The van der Waals surface area contributed by atoms with Crippen LogP contribution in [0.3, 0.4) is 0 Å². The fraction of sp³-hybridized carbons (Fsp3) is 0.458. The van der Waals surface area contributed by atoms with Crippen molar-refractivity contribution in [2.75, 3.05) is 26.9 Å². The number of ether oxygens (including phenoxy) is 3. The largest absolute Gasteiger partial charge is 0.490 e. The van der Waals surface area contributed by atoms with Crippen molar-refractivity contribution in [2.45, 2.75) is 45.1 Å². The van der Waals surface area contributed by atoms with Crippen LogP contribution >= 0.6 is 0 Å². The molecular weight excluding hydrogens is 366 g/mol. The Morgan fingerprint density at radius 3 is 2.38 bits per heavy atom. The van der Waals surface area contributed by atoms with Crippen molar-refractivity contribution in [2.24, 2.45) is 0 Å². The lowest BCUT2D eigenvalue weighted by atomic mass is 9.94. The molecule has 0 heterocycles. The molecule has 1 aliphatic rings. The first-order valence-corrected chi connectivity index (χ1v) is 10.5. The molecular formula is C24H31NO4. The molecule has 3 rings (SSSR count). The minimum Gasteiger partial charge on any atom is -0.490 e. The molecule has 2 aromatic rings. The van der Waals surface area contributed by atoms with Gasteiger partial charge in [0.15, 0.2) is 11.5 Å². The number of nitrogens with zero attached hydrogens (tertiary/aromatic N) is 1. The Bertz CT molecular complexity index is 772. The third-order valence-corrected chi connectivity index (χ3v) is 5.29. The van der Waals surface area contributed by atoms with E-state index in [0.29, 0.717) is 42.9 Å². The minimum absolute atomic E-state index is 0.0387.